The Kier molecular flexibility index (Phi) is 2.77. The van der Waals surface area contributed by atoms with E-state index in [2.05, 4.69) is 0 Å². The molecule has 0 fully saturated rings. The highest BCUT2D eigenvalue weighted by molar-refractivity contribution is 6.59. The maximum atomic E-state index is 12.7. The van der Waals surface area contributed by atoms with E-state index < -0.39 is 18.8 Å². The van der Waals surface area contributed by atoms with Crippen molar-refractivity contribution in [2.45, 2.75) is 12.8 Å². The summed E-state index contributed by atoms with van der Waals surface area (Å²) in [6, 6.07) is 2.90. The van der Waals surface area contributed by atoms with Gasteiger partial charge in [-0.1, -0.05) is 12.1 Å². The second kappa shape index (κ2) is 3.55. The van der Waals surface area contributed by atoms with Crippen molar-refractivity contribution in [3.05, 3.63) is 23.8 Å². The molecule has 0 aliphatic carbocycles. The van der Waals surface area contributed by atoms with Gasteiger partial charge in [0.1, 0.15) is 5.75 Å². The summed E-state index contributed by atoms with van der Waals surface area (Å²) in [5.74, 6) is -3.62. The normalized spacial score (nSPS) is 11.5. The predicted molar refractivity (Wildman–Crippen MR) is 47.5 cm³/mol. The molecule has 6 heteroatoms. The summed E-state index contributed by atoms with van der Waals surface area (Å²) in [5.41, 5.74) is -0.572. The maximum Gasteiger partial charge on any atom is 0.492 e. The summed E-state index contributed by atoms with van der Waals surface area (Å²) < 4.78 is 25.5. The fourth-order valence-electron chi connectivity index (χ4n) is 1.04. The summed E-state index contributed by atoms with van der Waals surface area (Å²) in [4.78, 5) is 0. The van der Waals surface area contributed by atoms with E-state index >= 15 is 0 Å². The minimum Gasteiger partial charge on any atom is -0.508 e. The second-order valence-corrected chi connectivity index (χ2v) is 3.04. The number of halogens is 2. The first kappa shape index (κ1) is 10.9. The Morgan fingerprint density at radius 1 is 1.29 bits per heavy atom. The monoisotopic (exact) mass is 202 g/mol. The SMILES string of the molecule is CC(F)(F)c1ccc(B(O)O)c(O)c1. The molecule has 1 aromatic carbocycles. The molecule has 0 saturated heterocycles. The molecule has 0 unspecified atom stereocenters. The molecule has 0 spiro atoms. The van der Waals surface area contributed by atoms with Gasteiger partial charge in [-0.05, 0) is 6.07 Å². The van der Waals surface area contributed by atoms with Gasteiger partial charge in [0.25, 0.3) is 5.92 Å². The Labute approximate surface area is 79.8 Å². The number of aromatic hydroxyl groups is 1. The fourth-order valence-corrected chi connectivity index (χ4v) is 1.04. The van der Waals surface area contributed by atoms with E-state index in [0.717, 1.165) is 18.2 Å². The van der Waals surface area contributed by atoms with Crippen molar-refractivity contribution < 1.29 is 23.9 Å². The minimum atomic E-state index is -3.06. The summed E-state index contributed by atoms with van der Waals surface area (Å²) >= 11 is 0. The highest BCUT2D eigenvalue weighted by Gasteiger charge is 2.26. The first-order valence-corrected chi connectivity index (χ1v) is 3.89. The van der Waals surface area contributed by atoms with E-state index in [-0.39, 0.29) is 11.0 Å². The van der Waals surface area contributed by atoms with Crippen LogP contribution in [0.5, 0.6) is 5.75 Å². The summed E-state index contributed by atoms with van der Waals surface area (Å²) in [7, 11) is -1.87. The Hall–Kier alpha value is -1.14. The van der Waals surface area contributed by atoms with E-state index in [1.54, 1.807) is 0 Å². The summed E-state index contributed by atoms with van der Waals surface area (Å²) in [6.45, 7) is 0.691. The smallest absolute Gasteiger partial charge is 0.492 e. The lowest BCUT2D eigenvalue weighted by molar-refractivity contribution is 0.0173. The Balaban J connectivity index is 3.13. The number of rotatable bonds is 2. The molecule has 0 aromatic heterocycles. The van der Waals surface area contributed by atoms with Crippen LogP contribution in [-0.2, 0) is 5.92 Å². The number of phenols is 1. The van der Waals surface area contributed by atoms with Crippen molar-refractivity contribution in [1.82, 2.24) is 0 Å². The molecule has 0 radical (unpaired) electrons. The number of phenolic OH excluding ortho intramolecular Hbond substituents is 1. The molecule has 14 heavy (non-hydrogen) atoms. The van der Waals surface area contributed by atoms with E-state index in [1.165, 1.54) is 0 Å². The lowest BCUT2D eigenvalue weighted by Crippen LogP contribution is -2.30. The zero-order valence-electron chi connectivity index (χ0n) is 7.41. The highest BCUT2D eigenvalue weighted by atomic mass is 19.3. The quantitative estimate of drug-likeness (QED) is 0.599. The van der Waals surface area contributed by atoms with Gasteiger partial charge in [-0.15, -0.1) is 0 Å². The van der Waals surface area contributed by atoms with Gasteiger partial charge in [-0.25, -0.2) is 8.78 Å². The lowest BCUT2D eigenvalue weighted by Gasteiger charge is -2.12. The van der Waals surface area contributed by atoms with Gasteiger partial charge in [-0.3, -0.25) is 0 Å². The molecule has 0 aliphatic heterocycles. The van der Waals surface area contributed by atoms with E-state index in [4.69, 9.17) is 10.0 Å². The van der Waals surface area contributed by atoms with Crippen LogP contribution in [0.3, 0.4) is 0 Å². The van der Waals surface area contributed by atoms with Gasteiger partial charge >= 0.3 is 7.12 Å². The molecule has 0 saturated carbocycles. The molecule has 0 atom stereocenters. The maximum absolute atomic E-state index is 12.7. The number of hydrogen-bond donors (Lipinski definition) is 3. The predicted octanol–water partition coefficient (Wildman–Crippen LogP) is 0.184. The first-order valence-electron chi connectivity index (χ1n) is 3.89. The van der Waals surface area contributed by atoms with Crippen LogP contribution < -0.4 is 5.46 Å². The molecule has 0 aliphatic rings. The molecule has 1 rings (SSSR count). The van der Waals surface area contributed by atoms with Gasteiger partial charge in [0.05, 0.1) is 0 Å². The number of benzene rings is 1. The molecule has 76 valence electrons. The van der Waals surface area contributed by atoms with Crippen LogP contribution in [0.25, 0.3) is 0 Å². The van der Waals surface area contributed by atoms with Crippen LogP contribution in [0.2, 0.25) is 0 Å². The molecular weight excluding hydrogens is 193 g/mol. The van der Waals surface area contributed by atoms with E-state index in [9.17, 15) is 13.9 Å². The number of alkyl halides is 2. The van der Waals surface area contributed by atoms with Gasteiger partial charge in [0, 0.05) is 17.9 Å². The second-order valence-electron chi connectivity index (χ2n) is 3.04. The molecule has 0 heterocycles. The lowest BCUT2D eigenvalue weighted by atomic mass is 9.79. The molecule has 1 aromatic rings. The van der Waals surface area contributed by atoms with Gasteiger partial charge < -0.3 is 15.2 Å². The zero-order chi connectivity index (χ0) is 10.9. The molecule has 0 bridgehead atoms. The Morgan fingerprint density at radius 3 is 2.21 bits per heavy atom. The van der Waals surface area contributed by atoms with Crippen molar-refractivity contribution in [1.29, 1.82) is 0 Å². The van der Waals surface area contributed by atoms with Crippen LogP contribution in [0, 0.1) is 0 Å². The largest absolute Gasteiger partial charge is 0.508 e. The van der Waals surface area contributed by atoms with Crippen LogP contribution in [-0.4, -0.2) is 22.3 Å². The molecule has 3 nitrogen and oxygen atoms in total. The average molecular weight is 202 g/mol. The highest BCUT2D eigenvalue weighted by Crippen LogP contribution is 2.28. The van der Waals surface area contributed by atoms with Crippen LogP contribution in [0.4, 0.5) is 8.78 Å². The van der Waals surface area contributed by atoms with E-state index in [0.29, 0.717) is 6.92 Å². The Morgan fingerprint density at radius 2 is 1.86 bits per heavy atom. The topological polar surface area (TPSA) is 60.7 Å². The van der Waals surface area contributed by atoms with Crippen molar-refractivity contribution >= 4 is 12.6 Å². The van der Waals surface area contributed by atoms with Gasteiger partial charge in [0.2, 0.25) is 0 Å². The fraction of sp³-hybridized carbons (Fsp3) is 0.250. The zero-order valence-corrected chi connectivity index (χ0v) is 7.41. The van der Waals surface area contributed by atoms with Crippen LogP contribution in [0.15, 0.2) is 18.2 Å². The van der Waals surface area contributed by atoms with Crippen molar-refractivity contribution in [3.63, 3.8) is 0 Å². The summed E-state index contributed by atoms with van der Waals surface area (Å²) in [6.07, 6.45) is 0. The van der Waals surface area contributed by atoms with E-state index in [1.807, 2.05) is 0 Å². The Bertz CT molecular complexity index is 336. The van der Waals surface area contributed by atoms with Gasteiger partial charge in [0.15, 0.2) is 0 Å². The standard InChI is InChI=1S/C8H9BF2O3/c1-8(10,11)5-2-3-6(9(13)14)7(12)4-5/h2-4,12-14H,1H3. The third kappa shape index (κ3) is 2.21. The van der Waals surface area contributed by atoms with Crippen LogP contribution in [0.1, 0.15) is 12.5 Å². The number of hydrogen-bond acceptors (Lipinski definition) is 3. The van der Waals surface area contributed by atoms with Crippen molar-refractivity contribution in [2.24, 2.45) is 0 Å². The molecular formula is C8H9BF2O3. The third-order valence-electron chi connectivity index (χ3n) is 1.82. The average Bonchev–Trinajstić information content (AvgIpc) is 2.01. The van der Waals surface area contributed by atoms with Crippen molar-refractivity contribution in [2.75, 3.05) is 0 Å². The molecule has 0 amide bonds. The summed E-state index contributed by atoms with van der Waals surface area (Å²) in [5, 5.41) is 26.6. The van der Waals surface area contributed by atoms with Gasteiger partial charge in [-0.2, -0.15) is 0 Å². The van der Waals surface area contributed by atoms with Crippen molar-refractivity contribution in [3.8, 4) is 5.75 Å². The molecule has 3 N–H and O–H groups in total. The third-order valence-corrected chi connectivity index (χ3v) is 1.82. The van der Waals surface area contributed by atoms with Crippen LogP contribution >= 0.6 is 0 Å². The minimum absolute atomic E-state index is 0.196. The first-order chi connectivity index (χ1) is 6.32.